The van der Waals surface area contributed by atoms with Crippen molar-refractivity contribution in [3.8, 4) is 5.75 Å². The highest BCUT2D eigenvalue weighted by molar-refractivity contribution is 6.33. The van der Waals surface area contributed by atoms with Crippen LogP contribution >= 0.6 is 11.6 Å². The fraction of sp³-hybridized carbons (Fsp3) is 0.344. The molecule has 3 aromatic carbocycles. The molecule has 4 aromatic rings. The lowest BCUT2D eigenvalue weighted by atomic mass is 9.95. The minimum atomic E-state index is -4.86. The molecule has 2 heterocycles. The first kappa shape index (κ1) is 33.8. The van der Waals surface area contributed by atoms with Crippen LogP contribution in [0.15, 0.2) is 48.5 Å². The highest BCUT2D eigenvalue weighted by Gasteiger charge is 2.31. The molecule has 0 aliphatic carbocycles. The van der Waals surface area contributed by atoms with E-state index in [2.05, 4.69) is 25.7 Å². The summed E-state index contributed by atoms with van der Waals surface area (Å²) in [4.78, 5) is 32.1. The first-order valence-corrected chi connectivity index (χ1v) is 15.0. The predicted octanol–water partition coefficient (Wildman–Crippen LogP) is 7.47. The Morgan fingerprint density at radius 2 is 1.79 bits per heavy atom. The van der Waals surface area contributed by atoms with Crippen LogP contribution in [0.1, 0.15) is 43.1 Å². The standard InChI is InChI=1S/C32H32ClF5N6O3/c1-31(2,3)29(46)39-15-17-5-10-22(33)27(26(17)35)42-30-41-23-13-21(24(14-25(23)43(30)4)44-12-11-18(34)16-44)28(45)40-19-6-8-20(9-7-19)47-32(36,37)38/h5-10,13-14,18H,11-12,15-16H2,1-4H3,(H,39,46)(H,40,45)(H,41,42)/t18-/m1/s1. The van der Waals surface area contributed by atoms with E-state index >= 15 is 4.39 Å². The largest absolute Gasteiger partial charge is 0.573 e. The molecule has 0 bridgehead atoms. The number of aromatic nitrogens is 2. The van der Waals surface area contributed by atoms with Crippen molar-refractivity contribution >= 4 is 57.5 Å². The maximum absolute atomic E-state index is 15.6. The third-order valence-electron chi connectivity index (χ3n) is 7.59. The number of rotatable bonds is 8. The number of carbonyl (C=O) groups excluding carboxylic acids is 2. The smallest absolute Gasteiger partial charge is 0.406 e. The topological polar surface area (TPSA) is 101 Å². The van der Waals surface area contributed by atoms with Crippen molar-refractivity contribution in [1.29, 1.82) is 0 Å². The third kappa shape index (κ3) is 7.70. The molecule has 3 N–H and O–H groups in total. The molecule has 1 aliphatic heterocycles. The molecule has 15 heteroatoms. The number of halogens is 6. The van der Waals surface area contributed by atoms with Crippen molar-refractivity contribution in [2.75, 3.05) is 28.6 Å². The van der Waals surface area contributed by atoms with E-state index in [1.54, 1.807) is 43.4 Å². The molecule has 1 aromatic heterocycles. The van der Waals surface area contributed by atoms with Crippen LogP contribution in [0.5, 0.6) is 5.75 Å². The number of carbonyl (C=O) groups is 2. The number of nitrogens with one attached hydrogen (secondary N) is 3. The SMILES string of the molecule is Cn1c(Nc2c(Cl)ccc(CNC(=O)C(C)(C)C)c2F)nc2cc(C(=O)Nc3ccc(OC(F)(F)F)cc3)c(N3CC[C@@H](F)C3)cc21. The first-order valence-electron chi connectivity index (χ1n) is 14.6. The van der Waals surface area contributed by atoms with Crippen LogP contribution in [0, 0.1) is 11.2 Å². The molecule has 1 saturated heterocycles. The first-order chi connectivity index (χ1) is 22.0. The Morgan fingerprint density at radius 3 is 2.40 bits per heavy atom. The van der Waals surface area contributed by atoms with Crippen LogP contribution in [0.2, 0.25) is 5.02 Å². The Hall–Kier alpha value is -4.59. The maximum atomic E-state index is 15.6. The van der Waals surface area contributed by atoms with Crippen LogP contribution in [-0.2, 0) is 18.4 Å². The molecule has 0 saturated carbocycles. The van der Waals surface area contributed by atoms with E-state index < -0.39 is 35.4 Å². The molecule has 1 aliphatic rings. The quantitative estimate of drug-likeness (QED) is 0.167. The van der Waals surface area contributed by atoms with E-state index in [0.717, 1.165) is 12.1 Å². The molecular weight excluding hydrogens is 647 g/mol. The summed E-state index contributed by atoms with van der Waals surface area (Å²) in [6.45, 7) is 5.56. The Morgan fingerprint density at radius 1 is 1.09 bits per heavy atom. The zero-order valence-electron chi connectivity index (χ0n) is 25.9. The van der Waals surface area contributed by atoms with Crippen LogP contribution in [0.3, 0.4) is 0 Å². The summed E-state index contributed by atoms with van der Waals surface area (Å²) in [6, 6.07) is 10.8. The number of amides is 2. The molecule has 1 atom stereocenters. The summed E-state index contributed by atoms with van der Waals surface area (Å²) < 4.78 is 73.1. The van der Waals surface area contributed by atoms with Gasteiger partial charge in [0.25, 0.3) is 5.91 Å². The lowest BCUT2D eigenvalue weighted by Gasteiger charge is -2.21. The van der Waals surface area contributed by atoms with Crippen molar-refractivity contribution in [2.45, 2.75) is 46.3 Å². The van der Waals surface area contributed by atoms with Gasteiger partial charge in [0.1, 0.15) is 11.9 Å². The number of hydrogen-bond acceptors (Lipinski definition) is 6. The van der Waals surface area contributed by atoms with E-state index in [0.29, 0.717) is 23.3 Å². The summed E-state index contributed by atoms with van der Waals surface area (Å²) in [7, 11) is 1.67. The summed E-state index contributed by atoms with van der Waals surface area (Å²) in [5.41, 5.74) is 1.12. The fourth-order valence-corrected chi connectivity index (χ4v) is 5.25. The van der Waals surface area contributed by atoms with E-state index in [1.807, 2.05) is 0 Å². The molecule has 2 amide bonds. The van der Waals surface area contributed by atoms with Gasteiger partial charge in [-0.1, -0.05) is 38.4 Å². The van der Waals surface area contributed by atoms with Crippen LogP contribution in [0.4, 0.5) is 45.0 Å². The van der Waals surface area contributed by atoms with Gasteiger partial charge in [-0.05, 0) is 48.9 Å². The minimum absolute atomic E-state index is 0.0532. The van der Waals surface area contributed by atoms with Gasteiger partial charge in [0.2, 0.25) is 11.9 Å². The van der Waals surface area contributed by atoms with Crippen molar-refractivity contribution in [1.82, 2.24) is 14.9 Å². The fourth-order valence-electron chi connectivity index (χ4n) is 5.06. The second kappa shape index (κ2) is 12.9. The van der Waals surface area contributed by atoms with E-state index in [1.165, 1.54) is 30.3 Å². The number of fused-ring (bicyclic) bond motifs is 1. The predicted molar refractivity (Wildman–Crippen MR) is 170 cm³/mol. The van der Waals surface area contributed by atoms with E-state index in [9.17, 15) is 27.2 Å². The zero-order chi connectivity index (χ0) is 34.3. The number of ether oxygens (including phenoxy) is 1. The van der Waals surface area contributed by atoms with Gasteiger partial charge >= 0.3 is 6.36 Å². The summed E-state index contributed by atoms with van der Waals surface area (Å²) >= 11 is 6.36. The number of nitrogens with zero attached hydrogens (tertiary/aromatic N) is 3. The van der Waals surface area contributed by atoms with Gasteiger partial charge in [-0.25, -0.2) is 13.8 Å². The number of aryl methyl sites for hydroxylation is 1. The Kier molecular flexibility index (Phi) is 9.26. The van der Waals surface area contributed by atoms with Gasteiger partial charge in [-0.2, -0.15) is 0 Å². The van der Waals surface area contributed by atoms with Crippen molar-refractivity contribution in [3.05, 3.63) is 70.5 Å². The second-order valence-electron chi connectivity index (χ2n) is 12.2. The van der Waals surface area contributed by atoms with Gasteiger partial charge in [-0.3, -0.25) is 9.59 Å². The van der Waals surface area contributed by atoms with E-state index in [4.69, 9.17) is 11.6 Å². The second-order valence-corrected chi connectivity index (χ2v) is 12.6. The maximum Gasteiger partial charge on any atom is 0.573 e. The molecule has 0 radical (unpaired) electrons. The monoisotopic (exact) mass is 678 g/mol. The number of benzene rings is 3. The lowest BCUT2D eigenvalue weighted by molar-refractivity contribution is -0.274. The summed E-state index contributed by atoms with van der Waals surface area (Å²) in [5.74, 6) is -1.80. The summed E-state index contributed by atoms with van der Waals surface area (Å²) in [5, 5.41) is 8.37. The third-order valence-corrected chi connectivity index (χ3v) is 7.90. The van der Waals surface area contributed by atoms with Gasteiger partial charge in [0.15, 0.2) is 5.82 Å². The molecule has 0 unspecified atom stereocenters. The van der Waals surface area contributed by atoms with Crippen LogP contribution < -0.4 is 25.6 Å². The Balaban J connectivity index is 1.46. The normalized spacial score (nSPS) is 15.2. The molecule has 47 heavy (non-hydrogen) atoms. The average Bonchev–Trinajstić information content (AvgIpc) is 3.55. The number of hydrogen-bond donors (Lipinski definition) is 3. The summed E-state index contributed by atoms with van der Waals surface area (Å²) in [6.07, 6.45) is -5.70. The average molecular weight is 679 g/mol. The van der Waals surface area contributed by atoms with Gasteiger partial charge in [0, 0.05) is 43.3 Å². The zero-order valence-corrected chi connectivity index (χ0v) is 26.6. The molecule has 0 spiro atoms. The molecule has 250 valence electrons. The molecular formula is C32H32ClF5N6O3. The van der Waals surface area contributed by atoms with Gasteiger partial charge in [-0.15, -0.1) is 13.2 Å². The number of alkyl halides is 4. The number of imidazole rings is 1. The molecule has 9 nitrogen and oxygen atoms in total. The van der Waals surface area contributed by atoms with Gasteiger partial charge in [0.05, 0.1) is 33.0 Å². The van der Waals surface area contributed by atoms with Crippen LogP contribution in [-0.4, -0.2) is 47.0 Å². The molecule has 5 rings (SSSR count). The van der Waals surface area contributed by atoms with E-state index in [-0.39, 0.29) is 58.9 Å². The number of anilines is 4. The Labute approximate surface area is 272 Å². The van der Waals surface area contributed by atoms with Crippen molar-refractivity contribution in [2.24, 2.45) is 12.5 Å². The molecule has 1 fully saturated rings. The highest BCUT2D eigenvalue weighted by Crippen LogP contribution is 2.35. The van der Waals surface area contributed by atoms with Crippen molar-refractivity contribution in [3.63, 3.8) is 0 Å². The van der Waals surface area contributed by atoms with Crippen molar-refractivity contribution < 1.29 is 36.3 Å². The van der Waals surface area contributed by atoms with Crippen LogP contribution in [0.25, 0.3) is 11.0 Å². The minimum Gasteiger partial charge on any atom is -0.406 e. The lowest BCUT2D eigenvalue weighted by Crippen LogP contribution is -2.34. The Bertz CT molecular complexity index is 1820. The van der Waals surface area contributed by atoms with Gasteiger partial charge < -0.3 is 30.2 Å². The highest BCUT2D eigenvalue weighted by atomic mass is 35.5.